The Bertz CT molecular complexity index is 564. The zero-order valence-electron chi connectivity index (χ0n) is 14.6. The summed E-state index contributed by atoms with van der Waals surface area (Å²) < 4.78 is 0. The Morgan fingerprint density at radius 2 is 1.87 bits per heavy atom. The summed E-state index contributed by atoms with van der Waals surface area (Å²) in [6.45, 7) is 11.5. The van der Waals surface area contributed by atoms with E-state index in [0.29, 0.717) is 6.04 Å². The largest absolute Gasteiger partial charge is 0.369 e. The highest BCUT2D eigenvalue weighted by Crippen LogP contribution is 2.30. The number of carbonyl (C=O) groups excluding carboxylic acids is 1. The molecule has 1 unspecified atom stereocenters. The van der Waals surface area contributed by atoms with Gasteiger partial charge in [-0.25, -0.2) is 0 Å². The first-order valence-corrected chi connectivity index (χ1v) is 8.96. The summed E-state index contributed by atoms with van der Waals surface area (Å²) in [7, 11) is 0. The van der Waals surface area contributed by atoms with Crippen molar-refractivity contribution in [3.8, 4) is 0 Å². The predicted octanol–water partition coefficient (Wildman–Crippen LogP) is 2.32. The van der Waals surface area contributed by atoms with Gasteiger partial charge in [-0.2, -0.15) is 0 Å². The first kappa shape index (κ1) is 16.5. The molecule has 126 valence electrons. The van der Waals surface area contributed by atoms with Crippen LogP contribution in [-0.2, 0) is 6.42 Å². The standard InChI is InChI=1S/C19H29N3O/c1-14(2)22-10-4-5-16-6-7-17(13-18(16)22)19(23)15(3)21-11-8-20-9-12-21/h6-7,13-15,20H,4-5,8-12H2,1-3H3. The number of nitrogens with zero attached hydrogens (tertiary/aromatic N) is 2. The number of hydrogen-bond donors (Lipinski definition) is 1. The maximum absolute atomic E-state index is 12.9. The van der Waals surface area contributed by atoms with Crippen LogP contribution in [0.15, 0.2) is 18.2 Å². The number of Topliss-reactive ketones (excluding diaryl/α,β-unsaturated/α-hetero) is 1. The lowest BCUT2D eigenvalue weighted by atomic mass is 9.95. The summed E-state index contributed by atoms with van der Waals surface area (Å²) in [5.41, 5.74) is 3.52. The third-order valence-electron chi connectivity index (χ3n) is 5.23. The number of rotatable bonds is 4. The Kier molecular flexibility index (Phi) is 5.02. The van der Waals surface area contributed by atoms with Gasteiger partial charge in [0.2, 0.25) is 0 Å². The molecule has 1 atom stereocenters. The molecular formula is C19H29N3O. The van der Waals surface area contributed by atoms with Gasteiger partial charge in [0.15, 0.2) is 5.78 Å². The lowest BCUT2D eigenvalue weighted by Gasteiger charge is -2.35. The Morgan fingerprint density at radius 1 is 1.13 bits per heavy atom. The highest BCUT2D eigenvalue weighted by Gasteiger charge is 2.26. The first-order valence-electron chi connectivity index (χ1n) is 8.96. The fourth-order valence-electron chi connectivity index (χ4n) is 3.77. The van der Waals surface area contributed by atoms with E-state index < -0.39 is 0 Å². The van der Waals surface area contributed by atoms with Gasteiger partial charge in [-0.05, 0) is 45.2 Å². The number of fused-ring (bicyclic) bond motifs is 1. The molecule has 0 amide bonds. The van der Waals surface area contributed by atoms with E-state index in [1.165, 1.54) is 17.7 Å². The van der Waals surface area contributed by atoms with E-state index in [0.717, 1.165) is 44.7 Å². The number of piperazine rings is 1. The van der Waals surface area contributed by atoms with Gasteiger partial charge in [0.25, 0.3) is 0 Å². The van der Waals surface area contributed by atoms with Crippen molar-refractivity contribution in [2.45, 2.75) is 45.7 Å². The van der Waals surface area contributed by atoms with Crippen LogP contribution in [-0.4, -0.2) is 55.5 Å². The molecule has 0 spiro atoms. The van der Waals surface area contributed by atoms with E-state index in [4.69, 9.17) is 0 Å². The molecule has 1 N–H and O–H groups in total. The molecule has 23 heavy (non-hydrogen) atoms. The lowest BCUT2D eigenvalue weighted by Crippen LogP contribution is -2.50. The zero-order chi connectivity index (χ0) is 16.4. The summed E-state index contributed by atoms with van der Waals surface area (Å²) in [6.07, 6.45) is 2.33. The van der Waals surface area contributed by atoms with Crippen LogP contribution in [0.25, 0.3) is 0 Å². The van der Waals surface area contributed by atoms with Crippen LogP contribution in [0.5, 0.6) is 0 Å². The van der Waals surface area contributed by atoms with Crippen molar-refractivity contribution < 1.29 is 4.79 Å². The average Bonchev–Trinajstić information content (AvgIpc) is 2.60. The van der Waals surface area contributed by atoms with Crippen LogP contribution in [0.3, 0.4) is 0 Å². The highest BCUT2D eigenvalue weighted by atomic mass is 16.1. The summed E-state index contributed by atoms with van der Waals surface area (Å²) in [5, 5.41) is 3.35. The topological polar surface area (TPSA) is 35.6 Å². The van der Waals surface area contributed by atoms with E-state index in [1.807, 2.05) is 13.0 Å². The van der Waals surface area contributed by atoms with Crippen LogP contribution in [0.1, 0.15) is 43.1 Å². The van der Waals surface area contributed by atoms with Gasteiger partial charge in [0, 0.05) is 50.0 Å². The van der Waals surface area contributed by atoms with Crippen molar-refractivity contribution in [1.29, 1.82) is 0 Å². The van der Waals surface area contributed by atoms with Gasteiger partial charge in [0.1, 0.15) is 0 Å². The SMILES string of the molecule is CC(C(=O)c1ccc2c(c1)N(C(C)C)CCC2)N1CCNCC1. The molecular weight excluding hydrogens is 286 g/mol. The average molecular weight is 315 g/mol. The minimum absolute atomic E-state index is 0.0359. The van der Waals surface area contributed by atoms with Gasteiger partial charge < -0.3 is 10.2 Å². The lowest BCUT2D eigenvalue weighted by molar-refractivity contribution is 0.0820. The molecule has 0 radical (unpaired) electrons. The van der Waals surface area contributed by atoms with Crippen LogP contribution in [0.2, 0.25) is 0 Å². The van der Waals surface area contributed by atoms with E-state index >= 15 is 0 Å². The monoisotopic (exact) mass is 315 g/mol. The van der Waals surface area contributed by atoms with Gasteiger partial charge in [-0.3, -0.25) is 9.69 Å². The minimum atomic E-state index is -0.0359. The van der Waals surface area contributed by atoms with Gasteiger partial charge >= 0.3 is 0 Å². The maximum Gasteiger partial charge on any atom is 0.179 e. The fourth-order valence-corrected chi connectivity index (χ4v) is 3.77. The summed E-state index contributed by atoms with van der Waals surface area (Å²) >= 11 is 0. The van der Waals surface area contributed by atoms with E-state index in [1.54, 1.807) is 0 Å². The van der Waals surface area contributed by atoms with Crippen molar-refractivity contribution in [2.75, 3.05) is 37.6 Å². The number of benzene rings is 1. The first-order chi connectivity index (χ1) is 11.1. The molecule has 0 aliphatic carbocycles. The molecule has 1 fully saturated rings. The van der Waals surface area contributed by atoms with Gasteiger partial charge in [-0.15, -0.1) is 0 Å². The second kappa shape index (κ2) is 7.02. The third kappa shape index (κ3) is 3.43. The Morgan fingerprint density at radius 3 is 2.57 bits per heavy atom. The van der Waals surface area contributed by atoms with Crippen molar-refractivity contribution in [3.05, 3.63) is 29.3 Å². The van der Waals surface area contributed by atoms with Gasteiger partial charge in [-0.1, -0.05) is 12.1 Å². The van der Waals surface area contributed by atoms with E-state index in [9.17, 15) is 4.79 Å². The summed E-state index contributed by atoms with van der Waals surface area (Å²) in [6, 6.07) is 6.78. The van der Waals surface area contributed by atoms with Crippen molar-refractivity contribution in [1.82, 2.24) is 10.2 Å². The fraction of sp³-hybridized carbons (Fsp3) is 0.632. The second-order valence-corrected chi connectivity index (χ2v) is 7.06. The van der Waals surface area contributed by atoms with Crippen molar-refractivity contribution in [3.63, 3.8) is 0 Å². The van der Waals surface area contributed by atoms with Crippen molar-refractivity contribution in [2.24, 2.45) is 0 Å². The molecule has 2 aliphatic heterocycles. The maximum atomic E-state index is 12.9. The number of anilines is 1. The molecule has 2 aliphatic rings. The number of carbonyl (C=O) groups is 1. The van der Waals surface area contributed by atoms with Crippen LogP contribution in [0, 0.1) is 0 Å². The Balaban J connectivity index is 1.82. The number of aryl methyl sites for hydroxylation is 1. The molecule has 0 aromatic heterocycles. The normalized spacial score (nSPS) is 20.4. The molecule has 1 saturated heterocycles. The predicted molar refractivity (Wildman–Crippen MR) is 95.5 cm³/mol. The van der Waals surface area contributed by atoms with Crippen LogP contribution < -0.4 is 10.2 Å². The van der Waals surface area contributed by atoms with E-state index in [2.05, 4.69) is 41.1 Å². The second-order valence-electron chi connectivity index (χ2n) is 7.06. The number of ketones is 1. The van der Waals surface area contributed by atoms with Crippen molar-refractivity contribution >= 4 is 11.5 Å². The summed E-state index contributed by atoms with van der Waals surface area (Å²) in [4.78, 5) is 17.7. The number of hydrogen-bond acceptors (Lipinski definition) is 4. The molecule has 2 heterocycles. The minimum Gasteiger partial charge on any atom is -0.369 e. The summed E-state index contributed by atoms with van der Waals surface area (Å²) in [5.74, 6) is 0.254. The molecule has 3 rings (SSSR count). The molecule has 0 bridgehead atoms. The number of nitrogens with one attached hydrogen (secondary N) is 1. The Hall–Kier alpha value is -1.39. The molecule has 1 aromatic carbocycles. The molecule has 4 heteroatoms. The van der Waals surface area contributed by atoms with Gasteiger partial charge in [0.05, 0.1) is 6.04 Å². The van der Waals surface area contributed by atoms with E-state index in [-0.39, 0.29) is 11.8 Å². The zero-order valence-corrected chi connectivity index (χ0v) is 14.6. The highest BCUT2D eigenvalue weighted by molar-refractivity contribution is 6.00. The van der Waals surface area contributed by atoms with Crippen LogP contribution >= 0.6 is 0 Å². The molecule has 4 nitrogen and oxygen atoms in total. The van der Waals surface area contributed by atoms with Crippen LogP contribution in [0.4, 0.5) is 5.69 Å². The molecule has 1 aromatic rings. The Labute approximate surface area is 139 Å². The molecule has 0 saturated carbocycles. The third-order valence-corrected chi connectivity index (χ3v) is 5.23. The quantitative estimate of drug-likeness (QED) is 0.865. The smallest absolute Gasteiger partial charge is 0.179 e.